The standard InChI is InChI=1S/C3H5Cl.Mg.2H/c4-3-1-2-3;;;/h3H,1-2H2;;;/q;+2;2*-1. The molecule has 1 rings (SSSR count). The maximum Gasteiger partial charge on any atom is 2.00 e. The molecule has 1 aliphatic rings. The molecular weight excluding hydrogens is 95.8 g/mol. The Morgan fingerprint density at radius 3 is 1.80 bits per heavy atom. The zero-order valence-electron chi connectivity index (χ0n) is 5.08. The van der Waals surface area contributed by atoms with E-state index in [0.717, 1.165) is 0 Å². The van der Waals surface area contributed by atoms with E-state index in [2.05, 4.69) is 0 Å². The first kappa shape index (κ1) is 6.06. The van der Waals surface area contributed by atoms with Crippen LogP contribution in [0.2, 0.25) is 0 Å². The van der Waals surface area contributed by atoms with Crippen molar-refractivity contribution in [1.29, 1.82) is 0 Å². The van der Waals surface area contributed by atoms with Gasteiger partial charge in [0.25, 0.3) is 0 Å². The van der Waals surface area contributed by atoms with Gasteiger partial charge >= 0.3 is 23.1 Å². The predicted octanol–water partition coefficient (Wildman–Crippen LogP) is 1.23. The Balaban J connectivity index is -0.0000000533. The zero-order chi connectivity index (χ0) is 2.99. The molecule has 0 nitrogen and oxygen atoms in total. The van der Waals surface area contributed by atoms with Gasteiger partial charge in [-0.05, 0) is 12.8 Å². The van der Waals surface area contributed by atoms with Crippen LogP contribution < -0.4 is 0 Å². The van der Waals surface area contributed by atoms with Gasteiger partial charge in [-0.1, -0.05) is 0 Å². The Labute approximate surface area is 56.0 Å². The van der Waals surface area contributed by atoms with Crippen molar-refractivity contribution in [3.63, 3.8) is 0 Å². The number of rotatable bonds is 0. The molecule has 1 aliphatic carbocycles. The topological polar surface area (TPSA) is 0 Å². The van der Waals surface area contributed by atoms with E-state index < -0.39 is 0 Å². The summed E-state index contributed by atoms with van der Waals surface area (Å²) in [6.45, 7) is 0. The van der Waals surface area contributed by atoms with Crippen LogP contribution >= 0.6 is 11.6 Å². The van der Waals surface area contributed by atoms with Crippen molar-refractivity contribution in [1.82, 2.24) is 0 Å². The van der Waals surface area contributed by atoms with Gasteiger partial charge in [0.1, 0.15) is 0 Å². The fraction of sp³-hybridized carbons (Fsp3) is 1.00. The summed E-state index contributed by atoms with van der Waals surface area (Å²) in [7, 11) is 0. The van der Waals surface area contributed by atoms with Crippen LogP contribution in [0.1, 0.15) is 15.7 Å². The molecule has 0 heterocycles. The van der Waals surface area contributed by atoms with E-state index in [1.165, 1.54) is 12.8 Å². The SMILES string of the molecule is ClC1CC1.[H-].[H-].[Mg+2]. The van der Waals surface area contributed by atoms with E-state index in [0.29, 0.717) is 5.38 Å². The maximum atomic E-state index is 5.39. The van der Waals surface area contributed by atoms with Crippen molar-refractivity contribution in [2.24, 2.45) is 0 Å². The largest absolute Gasteiger partial charge is 2.00 e. The van der Waals surface area contributed by atoms with Gasteiger partial charge < -0.3 is 2.85 Å². The summed E-state index contributed by atoms with van der Waals surface area (Å²) in [6, 6.07) is 0. The Morgan fingerprint density at radius 2 is 1.80 bits per heavy atom. The normalized spacial score (nSPS) is 21.0. The van der Waals surface area contributed by atoms with Gasteiger partial charge in [0.2, 0.25) is 0 Å². The van der Waals surface area contributed by atoms with Gasteiger partial charge in [-0.2, -0.15) is 0 Å². The average molecular weight is 103 g/mol. The maximum absolute atomic E-state index is 5.39. The van der Waals surface area contributed by atoms with E-state index in [1.807, 2.05) is 0 Å². The van der Waals surface area contributed by atoms with Crippen LogP contribution in [0.3, 0.4) is 0 Å². The van der Waals surface area contributed by atoms with Gasteiger partial charge in [0, 0.05) is 5.38 Å². The van der Waals surface area contributed by atoms with E-state index >= 15 is 0 Å². The molecule has 5 heavy (non-hydrogen) atoms. The predicted molar refractivity (Wildman–Crippen MR) is 26.9 cm³/mol. The minimum Gasteiger partial charge on any atom is -1.00 e. The fourth-order valence-corrected chi connectivity index (χ4v) is 0.189. The summed E-state index contributed by atoms with van der Waals surface area (Å²) in [6.07, 6.45) is 2.50. The molecule has 2 heteroatoms. The van der Waals surface area contributed by atoms with Crippen molar-refractivity contribution >= 4 is 34.7 Å². The minimum absolute atomic E-state index is 0. The smallest absolute Gasteiger partial charge is 1.00 e. The van der Waals surface area contributed by atoms with Crippen LogP contribution in [0.5, 0.6) is 0 Å². The van der Waals surface area contributed by atoms with Crippen LogP contribution in [0.25, 0.3) is 0 Å². The Morgan fingerprint density at radius 1 is 1.60 bits per heavy atom. The summed E-state index contributed by atoms with van der Waals surface area (Å²) < 4.78 is 0. The molecule has 0 N–H and O–H groups in total. The van der Waals surface area contributed by atoms with Crippen LogP contribution in [0.4, 0.5) is 0 Å². The summed E-state index contributed by atoms with van der Waals surface area (Å²) in [5, 5.41) is 0.556. The summed E-state index contributed by atoms with van der Waals surface area (Å²) in [4.78, 5) is 0. The molecule has 0 bridgehead atoms. The van der Waals surface area contributed by atoms with E-state index in [1.54, 1.807) is 0 Å². The quantitative estimate of drug-likeness (QED) is 0.319. The third-order valence-electron chi connectivity index (χ3n) is 0.507. The molecule has 1 saturated carbocycles. The average Bonchev–Trinajstić information content (AvgIpc) is 1.75. The summed E-state index contributed by atoms with van der Waals surface area (Å²) in [5.74, 6) is 0. The van der Waals surface area contributed by atoms with E-state index in [9.17, 15) is 0 Å². The van der Waals surface area contributed by atoms with Gasteiger partial charge in [-0.3, -0.25) is 0 Å². The van der Waals surface area contributed by atoms with Gasteiger partial charge in [0.15, 0.2) is 0 Å². The van der Waals surface area contributed by atoms with Gasteiger partial charge in [0.05, 0.1) is 0 Å². The van der Waals surface area contributed by atoms with Crippen LogP contribution in [0.15, 0.2) is 0 Å². The third-order valence-corrected chi connectivity index (χ3v) is 0.943. The summed E-state index contributed by atoms with van der Waals surface area (Å²) in [5.41, 5.74) is 0. The minimum atomic E-state index is 0. The molecule has 0 aromatic heterocycles. The molecular formula is C3H7ClMg. The van der Waals surface area contributed by atoms with Crippen molar-refractivity contribution in [3.05, 3.63) is 0 Å². The Kier molecular flexibility index (Phi) is 2.75. The molecule has 0 radical (unpaired) electrons. The zero-order valence-corrected chi connectivity index (χ0v) is 5.25. The van der Waals surface area contributed by atoms with Crippen molar-refractivity contribution in [2.45, 2.75) is 18.2 Å². The first-order valence-corrected chi connectivity index (χ1v) is 1.97. The van der Waals surface area contributed by atoms with Crippen molar-refractivity contribution < 1.29 is 2.85 Å². The van der Waals surface area contributed by atoms with Crippen molar-refractivity contribution in [3.8, 4) is 0 Å². The monoisotopic (exact) mass is 102 g/mol. The second-order valence-corrected chi connectivity index (χ2v) is 1.79. The molecule has 0 unspecified atom stereocenters. The Bertz CT molecular complexity index is 32.1. The second kappa shape index (κ2) is 2.27. The summed E-state index contributed by atoms with van der Waals surface area (Å²) >= 11 is 5.39. The first-order valence-electron chi connectivity index (χ1n) is 1.53. The van der Waals surface area contributed by atoms with Crippen molar-refractivity contribution in [2.75, 3.05) is 0 Å². The molecule has 0 spiro atoms. The fourth-order valence-electron chi connectivity index (χ4n) is 0.0630. The number of alkyl halides is 1. The van der Waals surface area contributed by atoms with Gasteiger partial charge in [-0.25, -0.2) is 0 Å². The molecule has 28 valence electrons. The Hall–Kier alpha value is 1.06. The van der Waals surface area contributed by atoms with E-state index in [-0.39, 0.29) is 25.9 Å². The number of halogens is 1. The number of hydrogen-bond donors (Lipinski definition) is 0. The molecule has 0 atom stereocenters. The van der Waals surface area contributed by atoms with Crippen LogP contribution in [-0.4, -0.2) is 28.4 Å². The second-order valence-electron chi connectivity index (χ2n) is 1.17. The molecule has 0 saturated heterocycles. The molecule has 0 amide bonds. The number of hydrogen-bond acceptors (Lipinski definition) is 0. The molecule has 1 fully saturated rings. The molecule has 0 aromatic carbocycles. The van der Waals surface area contributed by atoms with E-state index in [4.69, 9.17) is 11.6 Å². The van der Waals surface area contributed by atoms with Crippen LogP contribution in [0, 0.1) is 0 Å². The van der Waals surface area contributed by atoms with Crippen LogP contribution in [-0.2, 0) is 0 Å². The third kappa shape index (κ3) is 2.87. The first-order chi connectivity index (χ1) is 1.89. The van der Waals surface area contributed by atoms with Gasteiger partial charge in [-0.15, -0.1) is 11.6 Å². The molecule has 0 aliphatic heterocycles. The molecule has 0 aromatic rings.